The van der Waals surface area contributed by atoms with Gasteiger partial charge in [-0.2, -0.15) is 0 Å². The molecule has 1 aliphatic rings. The zero-order valence-electron chi connectivity index (χ0n) is 13.6. The first-order valence-electron chi connectivity index (χ1n) is 8.58. The van der Waals surface area contributed by atoms with E-state index in [0.29, 0.717) is 0 Å². The Morgan fingerprint density at radius 1 is 0.680 bits per heavy atom. The molecule has 25 heavy (non-hydrogen) atoms. The van der Waals surface area contributed by atoms with Crippen molar-refractivity contribution in [3.63, 3.8) is 0 Å². The Hall–Kier alpha value is -3.26. The lowest BCUT2D eigenvalue weighted by Crippen LogP contribution is -2.07. The van der Waals surface area contributed by atoms with Crippen molar-refractivity contribution >= 4 is 21.8 Å². The van der Waals surface area contributed by atoms with Crippen LogP contribution in [0.1, 0.15) is 5.56 Å². The second kappa shape index (κ2) is 4.64. The smallest absolute Gasteiger partial charge is 0.158 e. The SMILES string of the molecule is c1ccc(-c2occ3c4cccc5c4n(c23)Cc2ccccc2-5)cc1. The average Bonchev–Trinajstić information content (AvgIpc) is 3.24. The first-order valence-corrected chi connectivity index (χ1v) is 8.58. The zero-order chi connectivity index (χ0) is 16.4. The lowest BCUT2D eigenvalue weighted by molar-refractivity contribution is 0.585. The summed E-state index contributed by atoms with van der Waals surface area (Å²) in [6.45, 7) is 0.882. The van der Waals surface area contributed by atoms with Gasteiger partial charge in [-0.25, -0.2) is 0 Å². The van der Waals surface area contributed by atoms with Gasteiger partial charge in [0.25, 0.3) is 0 Å². The number of hydrogen-bond acceptors (Lipinski definition) is 1. The van der Waals surface area contributed by atoms with Crippen LogP contribution < -0.4 is 0 Å². The lowest BCUT2D eigenvalue weighted by Gasteiger charge is -2.20. The third-order valence-corrected chi connectivity index (χ3v) is 5.30. The predicted molar refractivity (Wildman–Crippen MR) is 102 cm³/mol. The summed E-state index contributed by atoms with van der Waals surface area (Å²) in [7, 11) is 0. The average molecular weight is 321 g/mol. The fraction of sp³-hybridized carbons (Fsp3) is 0.0435. The molecule has 3 aromatic carbocycles. The van der Waals surface area contributed by atoms with Crippen LogP contribution in [0.4, 0.5) is 0 Å². The molecule has 6 rings (SSSR count). The monoisotopic (exact) mass is 321 g/mol. The molecule has 0 spiro atoms. The van der Waals surface area contributed by atoms with Crippen molar-refractivity contribution in [3.05, 3.63) is 84.6 Å². The fourth-order valence-corrected chi connectivity index (χ4v) is 4.24. The second-order valence-corrected chi connectivity index (χ2v) is 6.64. The highest BCUT2D eigenvalue weighted by atomic mass is 16.3. The van der Waals surface area contributed by atoms with Crippen LogP contribution in [-0.4, -0.2) is 4.57 Å². The Morgan fingerprint density at radius 2 is 1.48 bits per heavy atom. The Morgan fingerprint density at radius 3 is 2.40 bits per heavy atom. The number of para-hydroxylation sites is 1. The van der Waals surface area contributed by atoms with Gasteiger partial charge in [-0.05, 0) is 11.1 Å². The van der Waals surface area contributed by atoms with Crippen LogP contribution in [0.25, 0.3) is 44.3 Å². The Labute approximate surface area is 144 Å². The summed E-state index contributed by atoms with van der Waals surface area (Å²) in [5, 5.41) is 2.47. The van der Waals surface area contributed by atoms with Crippen LogP contribution in [0.5, 0.6) is 0 Å². The van der Waals surface area contributed by atoms with E-state index in [1.165, 1.54) is 38.5 Å². The zero-order valence-corrected chi connectivity index (χ0v) is 13.6. The summed E-state index contributed by atoms with van der Waals surface area (Å²) < 4.78 is 8.45. The summed E-state index contributed by atoms with van der Waals surface area (Å²) in [4.78, 5) is 0. The van der Waals surface area contributed by atoms with E-state index in [1.54, 1.807) is 0 Å². The van der Waals surface area contributed by atoms with Gasteiger partial charge >= 0.3 is 0 Å². The van der Waals surface area contributed by atoms with Gasteiger partial charge < -0.3 is 8.98 Å². The molecule has 5 aromatic rings. The molecule has 0 saturated heterocycles. The minimum absolute atomic E-state index is 0.882. The van der Waals surface area contributed by atoms with Crippen LogP contribution >= 0.6 is 0 Å². The van der Waals surface area contributed by atoms with Crippen molar-refractivity contribution in [1.29, 1.82) is 0 Å². The summed E-state index contributed by atoms with van der Waals surface area (Å²) >= 11 is 0. The van der Waals surface area contributed by atoms with E-state index in [4.69, 9.17) is 4.42 Å². The first-order chi connectivity index (χ1) is 12.4. The standard InChI is InChI=1S/C23H15NO/c1-2-7-15(8-3-1)23-22-20(14-25-23)19-12-6-11-18-17-10-5-4-9-16(17)13-24(22)21(18)19/h1-12,14H,13H2. The number of aromatic nitrogens is 1. The van der Waals surface area contributed by atoms with Gasteiger partial charge in [0.2, 0.25) is 0 Å². The molecule has 0 saturated carbocycles. The largest absolute Gasteiger partial charge is 0.461 e. The molecule has 0 atom stereocenters. The Kier molecular flexibility index (Phi) is 2.43. The quantitative estimate of drug-likeness (QED) is 0.359. The molecule has 118 valence electrons. The Bertz CT molecular complexity index is 1260. The van der Waals surface area contributed by atoms with Crippen molar-refractivity contribution in [2.45, 2.75) is 6.54 Å². The van der Waals surface area contributed by atoms with E-state index in [-0.39, 0.29) is 0 Å². The van der Waals surface area contributed by atoms with Gasteiger partial charge in [0.05, 0.1) is 11.0 Å². The molecule has 3 heterocycles. The number of benzene rings is 3. The van der Waals surface area contributed by atoms with E-state index in [0.717, 1.165) is 17.9 Å². The maximum Gasteiger partial charge on any atom is 0.158 e. The second-order valence-electron chi connectivity index (χ2n) is 6.64. The maximum absolute atomic E-state index is 6.02. The van der Waals surface area contributed by atoms with Gasteiger partial charge in [0.15, 0.2) is 5.76 Å². The van der Waals surface area contributed by atoms with Crippen molar-refractivity contribution in [1.82, 2.24) is 4.57 Å². The highest BCUT2D eigenvalue weighted by Crippen LogP contribution is 2.44. The van der Waals surface area contributed by atoms with Crippen molar-refractivity contribution in [3.8, 4) is 22.5 Å². The van der Waals surface area contributed by atoms with Crippen LogP contribution in [0.15, 0.2) is 83.5 Å². The van der Waals surface area contributed by atoms with Gasteiger partial charge in [-0.1, -0.05) is 72.8 Å². The van der Waals surface area contributed by atoms with E-state index in [1.807, 2.05) is 12.3 Å². The first kappa shape index (κ1) is 13.1. The summed E-state index contributed by atoms with van der Waals surface area (Å²) in [6, 6.07) is 25.7. The molecule has 0 aliphatic carbocycles. The molecule has 2 heteroatoms. The highest BCUT2D eigenvalue weighted by molar-refractivity contribution is 6.16. The normalized spacial score (nSPS) is 12.6. The molecule has 0 bridgehead atoms. The number of hydrogen-bond donors (Lipinski definition) is 0. The number of rotatable bonds is 1. The van der Waals surface area contributed by atoms with E-state index < -0.39 is 0 Å². The predicted octanol–water partition coefficient (Wildman–Crippen LogP) is 6.08. The van der Waals surface area contributed by atoms with E-state index in [9.17, 15) is 0 Å². The van der Waals surface area contributed by atoms with Crippen molar-refractivity contribution < 1.29 is 4.42 Å². The fourth-order valence-electron chi connectivity index (χ4n) is 4.24. The molecule has 0 radical (unpaired) electrons. The van der Waals surface area contributed by atoms with Crippen LogP contribution in [0, 0.1) is 0 Å². The van der Waals surface area contributed by atoms with Gasteiger partial charge in [0, 0.05) is 28.4 Å². The molecule has 1 aliphatic heterocycles. The number of fused-ring (bicyclic) bond motifs is 5. The van der Waals surface area contributed by atoms with Gasteiger partial charge in [-0.3, -0.25) is 0 Å². The molecular weight excluding hydrogens is 306 g/mol. The third-order valence-electron chi connectivity index (χ3n) is 5.30. The highest BCUT2D eigenvalue weighted by Gasteiger charge is 2.25. The molecule has 0 unspecified atom stereocenters. The summed E-state index contributed by atoms with van der Waals surface area (Å²) in [5.74, 6) is 0.956. The van der Waals surface area contributed by atoms with E-state index in [2.05, 4.69) is 71.3 Å². The molecule has 0 N–H and O–H groups in total. The lowest BCUT2D eigenvalue weighted by atomic mass is 9.95. The van der Waals surface area contributed by atoms with Crippen LogP contribution in [0.3, 0.4) is 0 Å². The minimum atomic E-state index is 0.882. The maximum atomic E-state index is 6.02. The van der Waals surface area contributed by atoms with Crippen LogP contribution in [-0.2, 0) is 6.54 Å². The van der Waals surface area contributed by atoms with Crippen LogP contribution in [0.2, 0.25) is 0 Å². The number of nitrogens with zero attached hydrogens (tertiary/aromatic N) is 1. The Balaban J connectivity index is 1.79. The number of furan rings is 1. The van der Waals surface area contributed by atoms with Crippen molar-refractivity contribution in [2.24, 2.45) is 0 Å². The molecular formula is C23H15NO. The minimum Gasteiger partial charge on any atom is -0.461 e. The summed E-state index contributed by atoms with van der Waals surface area (Å²) in [5.41, 5.74) is 7.66. The van der Waals surface area contributed by atoms with E-state index >= 15 is 0 Å². The molecule has 0 fully saturated rings. The van der Waals surface area contributed by atoms with Gasteiger partial charge in [0.1, 0.15) is 6.26 Å². The van der Waals surface area contributed by atoms with Gasteiger partial charge in [-0.15, -0.1) is 0 Å². The van der Waals surface area contributed by atoms with Crippen molar-refractivity contribution in [2.75, 3.05) is 0 Å². The topological polar surface area (TPSA) is 18.1 Å². The third kappa shape index (κ3) is 1.64. The summed E-state index contributed by atoms with van der Waals surface area (Å²) in [6.07, 6.45) is 1.91. The molecule has 2 aromatic heterocycles. The molecule has 2 nitrogen and oxygen atoms in total. The molecule has 0 amide bonds.